The zero-order valence-electron chi connectivity index (χ0n) is 21.6. The van der Waals surface area contributed by atoms with Crippen molar-refractivity contribution < 1.29 is 23.8 Å². The second kappa shape index (κ2) is 13.7. The van der Waals surface area contributed by atoms with Gasteiger partial charge >= 0.3 is 11.9 Å². The van der Waals surface area contributed by atoms with Gasteiger partial charge in [-0.25, -0.2) is 4.79 Å². The number of nitrogens with one attached hydrogen (secondary N) is 2. The van der Waals surface area contributed by atoms with E-state index in [4.69, 9.17) is 11.6 Å². The quantitative estimate of drug-likeness (QED) is 0.313. The molecule has 0 spiro atoms. The van der Waals surface area contributed by atoms with Crippen LogP contribution in [0.4, 0.5) is 4.79 Å². The summed E-state index contributed by atoms with van der Waals surface area (Å²) < 4.78 is 1.38. The minimum atomic E-state index is -0.622. The van der Waals surface area contributed by atoms with E-state index >= 15 is 0 Å². The maximum Gasteiger partial charge on any atom is 0.501 e. The van der Waals surface area contributed by atoms with Gasteiger partial charge in [-0.15, -0.1) is 0 Å². The number of amides is 5. The Morgan fingerprint density at radius 3 is 2.49 bits per heavy atom. The van der Waals surface area contributed by atoms with Gasteiger partial charge in [-0.3, -0.25) is 9.59 Å². The first-order chi connectivity index (χ1) is 18.9. The fraction of sp³-hybridized carbons (Fsp3) is 0.300. The predicted molar refractivity (Wildman–Crippen MR) is 149 cm³/mol. The summed E-state index contributed by atoms with van der Waals surface area (Å²) in [6.45, 7) is 0.777. The SMILES string of the molecule is O=C(CCCCN1C(=O)C2C=CC=CC2=[N+](CC(=O)NCCc2ccccc2)C1=O)NCc1ccccc1Cl. The number of allylic oxidation sites excluding steroid dienone is 3. The Balaban J connectivity index is 1.29. The predicted octanol–water partition coefficient (Wildman–Crippen LogP) is 3.64. The van der Waals surface area contributed by atoms with Gasteiger partial charge in [-0.05, 0) is 42.5 Å². The molecule has 0 bridgehead atoms. The van der Waals surface area contributed by atoms with Crippen LogP contribution in [0.1, 0.15) is 30.4 Å². The first kappa shape index (κ1) is 28.0. The Kier molecular flexibility index (Phi) is 9.80. The van der Waals surface area contributed by atoms with Crippen molar-refractivity contribution >= 4 is 41.1 Å². The average molecular weight is 548 g/mol. The summed E-state index contributed by atoms with van der Waals surface area (Å²) in [7, 11) is 0. The van der Waals surface area contributed by atoms with Gasteiger partial charge in [-0.2, -0.15) is 14.3 Å². The van der Waals surface area contributed by atoms with Crippen molar-refractivity contribution in [1.82, 2.24) is 15.5 Å². The number of nitrogens with zero attached hydrogens (tertiary/aromatic N) is 2. The highest BCUT2D eigenvalue weighted by atomic mass is 35.5. The van der Waals surface area contributed by atoms with Crippen molar-refractivity contribution in [1.29, 1.82) is 0 Å². The molecule has 0 radical (unpaired) electrons. The van der Waals surface area contributed by atoms with Gasteiger partial charge in [-0.1, -0.05) is 78.4 Å². The number of carbonyl (C=O) groups excluding carboxylic acids is 4. The Morgan fingerprint density at radius 2 is 1.69 bits per heavy atom. The number of hydrogen-bond acceptors (Lipinski definition) is 4. The zero-order chi connectivity index (χ0) is 27.6. The Hall–Kier alpha value is -4.04. The van der Waals surface area contributed by atoms with Gasteiger partial charge in [0.05, 0.1) is 6.54 Å². The molecule has 1 atom stereocenters. The Bertz CT molecular complexity index is 1320. The number of halogens is 1. The first-order valence-corrected chi connectivity index (χ1v) is 13.5. The molecule has 4 rings (SSSR count). The molecule has 202 valence electrons. The van der Waals surface area contributed by atoms with Crippen LogP contribution >= 0.6 is 11.6 Å². The standard InChI is InChI=1S/C30H31ClN4O4/c31-25-14-6-4-12-23(25)20-33-27(36)16-8-9-19-34-29(38)24-13-5-7-15-26(24)35(30(34)39)21-28(37)32-18-17-22-10-2-1-3-11-22/h1-7,10-15,24H,8-9,16-21H2,(H-,32,33,36,37)/p+1. The van der Waals surface area contributed by atoms with E-state index in [9.17, 15) is 19.2 Å². The fourth-order valence-corrected chi connectivity index (χ4v) is 4.75. The maximum absolute atomic E-state index is 13.3. The molecule has 0 saturated heterocycles. The second-order valence-corrected chi connectivity index (χ2v) is 9.82. The second-order valence-electron chi connectivity index (χ2n) is 9.42. The highest BCUT2D eigenvalue weighted by molar-refractivity contribution is 6.31. The molecule has 1 unspecified atom stereocenters. The van der Waals surface area contributed by atoms with E-state index < -0.39 is 11.9 Å². The first-order valence-electron chi connectivity index (χ1n) is 13.1. The van der Waals surface area contributed by atoms with E-state index in [2.05, 4.69) is 10.6 Å². The minimum Gasteiger partial charge on any atom is -0.352 e. The lowest BCUT2D eigenvalue weighted by Crippen LogP contribution is -2.56. The lowest BCUT2D eigenvalue weighted by molar-refractivity contribution is -0.428. The van der Waals surface area contributed by atoms with Crippen LogP contribution in [0.5, 0.6) is 0 Å². The van der Waals surface area contributed by atoms with E-state index in [0.717, 1.165) is 11.1 Å². The average Bonchev–Trinajstić information content (AvgIpc) is 2.95. The van der Waals surface area contributed by atoms with E-state index in [-0.39, 0.29) is 37.2 Å². The number of rotatable bonds is 12. The van der Waals surface area contributed by atoms with Crippen molar-refractivity contribution in [3.63, 3.8) is 0 Å². The summed E-state index contributed by atoms with van der Waals surface area (Å²) in [4.78, 5) is 52.6. The Labute approximate surface area is 233 Å². The number of unbranched alkanes of at least 4 members (excludes halogenated alkanes) is 1. The monoisotopic (exact) mass is 547 g/mol. The third kappa shape index (κ3) is 7.51. The van der Waals surface area contributed by atoms with Crippen LogP contribution < -0.4 is 10.6 Å². The molecule has 2 aromatic carbocycles. The summed E-state index contributed by atoms with van der Waals surface area (Å²) in [6, 6.07) is 16.6. The van der Waals surface area contributed by atoms with Crippen molar-refractivity contribution in [2.75, 3.05) is 19.6 Å². The summed E-state index contributed by atoms with van der Waals surface area (Å²) in [6.07, 6.45) is 8.87. The molecule has 2 aromatic rings. The van der Waals surface area contributed by atoms with Gasteiger partial charge in [0.1, 0.15) is 11.6 Å². The van der Waals surface area contributed by atoms with Crippen LogP contribution in [0.15, 0.2) is 78.9 Å². The van der Waals surface area contributed by atoms with Gasteiger partial charge in [0.25, 0.3) is 5.91 Å². The number of imide groups is 1. The molecule has 2 N–H and O–H groups in total. The smallest absolute Gasteiger partial charge is 0.352 e. The van der Waals surface area contributed by atoms with Crippen LogP contribution in [0.3, 0.4) is 0 Å². The molecule has 0 aromatic heterocycles. The van der Waals surface area contributed by atoms with E-state index in [0.29, 0.717) is 43.1 Å². The van der Waals surface area contributed by atoms with Gasteiger partial charge in [0, 0.05) is 24.5 Å². The Morgan fingerprint density at radius 1 is 0.923 bits per heavy atom. The molecule has 1 heterocycles. The lowest BCUT2D eigenvalue weighted by atomic mass is 9.94. The molecule has 8 nitrogen and oxygen atoms in total. The van der Waals surface area contributed by atoms with Gasteiger partial charge in [0.2, 0.25) is 5.91 Å². The van der Waals surface area contributed by atoms with Crippen molar-refractivity contribution in [2.45, 2.75) is 32.2 Å². The number of benzene rings is 2. The van der Waals surface area contributed by atoms with Gasteiger partial charge < -0.3 is 10.6 Å². The fourth-order valence-electron chi connectivity index (χ4n) is 4.55. The molecule has 9 heteroatoms. The number of urea groups is 1. The van der Waals surface area contributed by atoms with Crippen LogP contribution in [-0.4, -0.2) is 58.6 Å². The molecule has 2 aliphatic rings. The summed E-state index contributed by atoms with van der Waals surface area (Å²) in [5.74, 6) is -1.36. The molecule has 0 fully saturated rings. The minimum absolute atomic E-state index is 0.129. The topological polar surface area (TPSA) is 98.6 Å². The summed E-state index contributed by atoms with van der Waals surface area (Å²) in [5, 5.41) is 6.31. The van der Waals surface area contributed by atoms with Crippen LogP contribution in [0.25, 0.3) is 0 Å². The van der Waals surface area contributed by atoms with E-state index in [1.807, 2.05) is 48.5 Å². The molecule has 39 heavy (non-hydrogen) atoms. The highest BCUT2D eigenvalue weighted by Crippen LogP contribution is 2.20. The summed E-state index contributed by atoms with van der Waals surface area (Å²) >= 11 is 6.13. The van der Waals surface area contributed by atoms with Crippen molar-refractivity contribution in [3.8, 4) is 0 Å². The van der Waals surface area contributed by atoms with Crippen molar-refractivity contribution in [3.05, 3.63) is 95.1 Å². The normalized spacial score (nSPS) is 16.3. The molecular formula is C30H32ClN4O4+. The zero-order valence-corrected chi connectivity index (χ0v) is 22.4. The third-order valence-electron chi connectivity index (χ3n) is 6.66. The van der Waals surface area contributed by atoms with Crippen LogP contribution in [-0.2, 0) is 27.3 Å². The third-order valence-corrected chi connectivity index (χ3v) is 7.02. The number of carbonyl (C=O) groups is 4. The molecule has 1 aliphatic carbocycles. The van der Waals surface area contributed by atoms with E-state index in [1.54, 1.807) is 30.4 Å². The van der Waals surface area contributed by atoms with Gasteiger partial charge in [0.15, 0.2) is 6.54 Å². The number of hydrogen-bond donors (Lipinski definition) is 2. The van der Waals surface area contributed by atoms with Crippen LogP contribution in [0, 0.1) is 5.92 Å². The largest absolute Gasteiger partial charge is 0.501 e. The molecule has 1 aliphatic heterocycles. The van der Waals surface area contributed by atoms with E-state index in [1.165, 1.54) is 9.48 Å². The molecular weight excluding hydrogens is 516 g/mol. The van der Waals surface area contributed by atoms with Crippen molar-refractivity contribution in [2.24, 2.45) is 5.92 Å². The number of fused-ring (bicyclic) bond motifs is 1. The highest BCUT2D eigenvalue weighted by Gasteiger charge is 2.46. The molecule has 0 saturated carbocycles. The maximum atomic E-state index is 13.3. The molecule has 5 amide bonds. The summed E-state index contributed by atoms with van der Waals surface area (Å²) in [5.41, 5.74) is 2.44. The lowest BCUT2D eigenvalue weighted by Gasteiger charge is -2.26. The van der Waals surface area contributed by atoms with Crippen LogP contribution in [0.2, 0.25) is 5.02 Å².